The zero-order valence-electron chi connectivity index (χ0n) is 23.2. The molecule has 0 aromatic heterocycles. The normalized spacial score (nSPS) is 12.7. The van der Waals surface area contributed by atoms with Crippen LogP contribution in [0, 0.1) is 5.92 Å². The molecule has 0 spiro atoms. The largest absolute Gasteiger partial charge is 0.390 e. The Labute approximate surface area is 227 Å². The van der Waals surface area contributed by atoms with E-state index in [4.69, 9.17) is 5.73 Å². The van der Waals surface area contributed by atoms with Crippen LogP contribution in [0.2, 0.25) is 0 Å². The van der Waals surface area contributed by atoms with E-state index in [2.05, 4.69) is 24.5 Å². The minimum atomic E-state index is -0.851. The molecular weight excluding hydrogens is 480 g/mol. The second-order valence-electron chi connectivity index (χ2n) is 10.2. The van der Waals surface area contributed by atoms with Crippen LogP contribution in [0.25, 0.3) is 0 Å². The molecule has 0 aliphatic carbocycles. The Hall–Kier alpha value is -3.23. The first-order valence-corrected chi connectivity index (χ1v) is 13.6. The van der Waals surface area contributed by atoms with Gasteiger partial charge in [-0.1, -0.05) is 58.0 Å². The Bertz CT molecular complexity index is 1040. The van der Waals surface area contributed by atoms with Crippen molar-refractivity contribution in [3.05, 3.63) is 70.8 Å². The van der Waals surface area contributed by atoms with Gasteiger partial charge >= 0.3 is 0 Å². The van der Waals surface area contributed by atoms with Gasteiger partial charge in [0.15, 0.2) is 0 Å². The fourth-order valence-corrected chi connectivity index (χ4v) is 4.25. The van der Waals surface area contributed by atoms with Crippen molar-refractivity contribution in [3.8, 4) is 0 Å². The van der Waals surface area contributed by atoms with Crippen LogP contribution in [-0.2, 0) is 6.42 Å². The maximum atomic E-state index is 13.4. The molecular formula is C30H44N4O4. The highest BCUT2D eigenvalue weighted by Crippen LogP contribution is 2.15. The average molecular weight is 525 g/mol. The number of benzene rings is 2. The first kappa shape index (κ1) is 31.0. The monoisotopic (exact) mass is 524 g/mol. The topological polar surface area (TPSA) is 125 Å². The number of primary amides is 1. The predicted molar refractivity (Wildman–Crippen MR) is 151 cm³/mol. The van der Waals surface area contributed by atoms with Crippen LogP contribution in [0.5, 0.6) is 0 Å². The second kappa shape index (κ2) is 15.9. The number of hydrogen-bond acceptors (Lipinski definition) is 5. The molecule has 2 unspecified atom stereocenters. The maximum absolute atomic E-state index is 13.4. The van der Waals surface area contributed by atoms with Gasteiger partial charge in [-0.3, -0.25) is 14.4 Å². The van der Waals surface area contributed by atoms with Crippen molar-refractivity contribution in [1.29, 1.82) is 0 Å². The summed E-state index contributed by atoms with van der Waals surface area (Å²) in [4.78, 5) is 40.4. The van der Waals surface area contributed by atoms with Gasteiger partial charge in [-0.05, 0) is 61.9 Å². The van der Waals surface area contributed by atoms with Gasteiger partial charge in [0.1, 0.15) is 0 Å². The van der Waals surface area contributed by atoms with Gasteiger partial charge in [-0.2, -0.15) is 0 Å². The van der Waals surface area contributed by atoms with E-state index in [0.717, 1.165) is 31.4 Å². The lowest BCUT2D eigenvalue weighted by Gasteiger charge is -2.25. The van der Waals surface area contributed by atoms with Crippen molar-refractivity contribution in [2.75, 3.05) is 26.2 Å². The molecule has 3 amide bonds. The molecule has 38 heavy (non-hydrogen) atoms. The van der Waals surface area contributed by atoms with Crippen LogP contribution in [0.1, 0.15) is 83.6 Å². The van der Waals surface area contributed by atoms with Crippen LogP contribution >= 0.6 is 0 Å². The smallest absolute Gasteiger partial charge is 0.253 e. The summed E-state index contributed by atoms with van der Waals surface area (Å²) in [5, 5.41) is 17.2. The maximum Gasteiger partial charge on any atom is 0.253 e. The highest BCUT2D eigenvalue weighted by Gasteiger charge is 2.24. The molecule has 0 aliphatic heterocycles. The minimum absolute atomic E-state index is 0.0875. The summed E-state index contributed by atoms with van der Waals surface area (Å²) in [7, 11) is 0. The fraction of sp³-hybridized carbons (Fsp3) is 0.500. The molecule has 0 aliphatic rings. The number of nitrogens with zero attached hydrogens (tertiary/aromatic N) is 1. The zero-order valence-corrected chi connectivity index (χ0v) is 23.2. The molecule has 208 valence electrons. The summed E-state index contributed by atoms with van der Waals surface area (Å²) in [6.07, 6.45) is 2.13. The number of carbonyl (C=O) groups excluding carboxylic acids is 3. The molecule has 2 atom stereocenters. The standard InChI is InChI=1S/C30H44N4O4/c1-5-14-34(15-6-2)30(38)25-18-23(28(31)36)17-24(19-25)29(37)33-26(16-22-10-8-7-9-11-22)27(35)20-32-13-12-21(3)4/h7-11,17-19,21,26-27,32,35H,5-6,12-16,20H2,1-4H3,(H2,31,36)(H,33,37). The Morgan fingerprint density at radius 2 is 1.55 bits per heavy atom. The molecule has 5 N–H and O–H groups in total. The van der Waals surface area contributed by atoms with Gasteiger partial charge in [-0.25, -0.2) is 0 Å². The average Bonchev–Trinajstić information content (AvgIpc) is 2.90. The third kappa shape index (κ3) is 9.91. The van der Waals surface area contributed by atoms with Crippen LogP contribution in [0.15, 0.2) is 48.5 Å². The molecule has 8 nitrogen and oxygen atoms in total. The Morgan fingerprint density at radius 3 is 2.13 bits per heavy atom. The molecule has 0 fully saturated rings. The zero-order chi connectivity index (χ0) is 28.1. The number of carbonyl (C=O) groups is 3. The fourth-order valence-electron chi connectivity index (χ4n) is 4.25. The number of aliphatic hydroxyl groups is 1. The van der Waals surface area contributed by atoms with E-state index < -0.39 is 24.0 Å². The summed E-state index contributed by atoms with van der Waals surface area (Å²) in [5.74, 6) is -0.913. The predicted octanol–water partition coefficient (Wildman–Crippen LogP) is 3.39. The molecule has 2 aromatic carbocycles. The highest BCUT2D eigenvalue weighted by atomic mass is 16.3. The van der Waals surface area contributed by atoms with Crippen LogP contribution in [0.3, 0.4) is 0 Å². The summed E-state index contributed by atoms with van der Waals surface area (Å²) >= 11 is 0. The first-order chi connectivity index (χ1) is 18.2. The van der Waals surface area contributed by atoms with Gasteiger partial charge in [-0.15, -0.1) is 0 Å². The van der Waals surface area contributed by atoms with Crippen molar-refractivity contribution < 1.29 is 19.5 Å². The molecule has 0 saturated heterocycles. The molecule has 0 radical (unpaired) electrons. The summed E-state index contributed by atoms with van der Waals surface area (Å²) in [6, 6.07) is 13.4. The van der Waals surface area contributed by atoms with E-state index in [-0.39, 0.29) is 22.6 Å². The minimum Gasteiger partial charge on any atom is -0.390 e. The van der Waals surface area contributed by atoms with E-state index in [9.17, 15) is 19.5 Å². The first-order valence-electron chi connectivity index (χ1n) is 13.6. The van der Waals surface area contributed by atoms with Crippen molar-refractivity contribution in [1.82, 2.24) is 15.5 Å². The van der Waals surface area contributed by atoms with Gasteiger partial charge in [0.05, 0.1) is 12.1 Å². The third-order valence-corrected chi connectivity index (χ3v) is 6.33. The third-order valence-electron chi connectivity index (χ3n) is 6.33. The number of aliphatic hydroxyl groups excluding tert-OH is 1. The molecule has 8 heteroatoms. The van der Waals surface area contributed by atoms with Gasteiger partial charge in [0.25, 0.3) is 11.8 Å². The Kier molecular flexibility index (Phi) is 13.0. The van der Waals surface area contributed by atoms with E-state index in [1.807, 2.05) is 44.2 Å². The lowest BCUT2D eigenvalue weighted by molar-refractivity contribution is 0.0755. The van der Waals surface area contributed by atoms with Crippen LogP contribution < -0.4 is 16.4 Å². The van der Waals surface area contributed by atoms with E-state index in [1.54, 1.807) is 4.90 Å². The molecule has 0 bridgehead atoms. The van der Waals surface area contributed by atoms with Crippen LogP contribution in [-0.4, -0.2) is 66.1 Å². The van der Waals surface area contributed by atoms with E-state index in [1.165, 1.54) is 18.2 Å². The number of nitrogens with one attached hydrogen (secondary N) is 2. The van der Waals surface area contributed by atoms with Crippen molar-refractivity contribution >= 4 is 17.7 Å². The quantitative estimate of drug-likeness (QED) is 0.251. The van der Waals surface area contributed by atoms with Crippen molar-refractivity contribution in [2.45, 2.75) is 65.5 Å². The van der Waals surface area contributed by atoms with E-state index in [0.29, 0.717) is 32.0 Å². The highest BCUT2D eigenvalue weighted by molar-refractivity contribution is 6.04. The second-order valence-corrected chi connectivity index (χ2v) is 10.2. The Balaban J connectivity index is 2.31. The molecule has 0 heterocycles. The van der Waals surface area contributed by atoms with Crippen molar-refractivity contribution in [2.24, 2.45) is 11.7 Å². The SMILES string of the molecule is CCCN(CCC)C(=O)c1cc(C(N)=O)cc(C(=O)NC(Cc2ccccc2)C(O)CNCCC(C)C)c1. The number of amides is 3. The van der Waals surface area contributed by atoms with E-state index >= 15 is 0 Å². The number of hydrogen-bond donors (Lipinski definition) is 4. The molecule has 2 rings (SSSR count). The lowest BCUT2D eigenvalue weighted by atomic mass is 9.99. The van der Waals surface area contributed by atoms with Crippen LogP contribution in [0.4, 0.5) is 0 Å². The molecule has 2 aromatic rings. The molecule has 0 saturated carbocycles. The number of nitrogens with two attached hydrogens (primary N) is 1. The summed E-state index contributed by atoms with van der Waals surface area (Å²) in [5.41, 5.74) is 6.99. The summed E-state index contributed by atoms with van der Waals surface area (Å²) in [6.45, 7) is 10.5. The van der Waals surface area contributed by atoms with Crippen molar-refractivity contribution in [3.63, 3.8) is 0 Å². The summed E-state index contributed by atoms with van der Waals surface area (Å²) < 4.78 is 0. The number of rotatable bonds is 16. The Morgan fingerprint density at radius 1 is 0.947 bits per heavy atom. The lowest BCUT2D eigenvalue weighted by Crippen LogP contribution is -2.49. The van der Waals surface area contributed by atoms with Gasteiger partial charge < -0.3 is 26.4 Å². The van der Waals surface area contributed by atoms with Gasteiger partial charge in [0.2, 0.25) is 5.91 Å². The van der Waals surface area contributed by atoms with Gasteiger partial charge in [0, 0.05) is 36.3 Å².